The largest absolute Gasteiger partial charge is 0.373 e. The predicted octanol–water partition coefficient (Wildman–Crippen LogP) is 2.99. The Balaban J connectivity index is 1.68. The van der Waals surface area contributed by atoms with Gasteiger partial charge in [0.1, 0.15) is 16.5 Å². The Bertz CT molecular complexity index is 612. The van der Waals surface area contributed by atoms with Gasteiger partial charge < -0.3 is 10.1 Å². The summed E-state index contributed by atoms with van der Waals surface area (Å²) >= 11 is 1.68. The molecule has 2 aromatic rings. The molecule has 2 fully saturated rings. The van der Waals surface area contributed by atoms with Gasteiger partial charge in [0.2, 0.25) is 0 Å². The molecule has 5 heteroatoms. The van der Waals surface area contributed by atoms with Crippen molar-refractivity contribution in [2.75, 3.05) is 5.32 Å². The van der Waals surface area contributed by atoms with E-state index in [-0.39, 0.29) is 0 Å². The molecule has 0 spiro atoms. The van der Waals surface area contributed by atoms with Crippen LogP contribution in [0.5, 0.6) is 0 Å². The van der Waals surface area contributed by atoms with Gasteiger partial charge in [0.05, 0.1) is 23.6 Å². The number of ether oxygens (including phenoxy) is 1. The number of nitrogens with one attached hydrogen (secondary N) is 1. The summed E-state index contributed by atoms with van der Waals surface area (Å²) in [5.41, 5.74) is 0. The summed E-state index contributed by atoms with van der Waals surface area (Å²) in [5.74, 6) is 1.91. The fourth-order valence-corrected chi connectivity index (χ4v) is 3.92. The van der Waals surface area contributed by atoms with Crippen molar-refractivity contribution in [3.05, 3.63) is 17.3 Å². The first kappa shape index (κ1) is 11.6. The summed E-state index contributed by atoms with van der Waals surface area (Å²) in [5, 5.41) is 6.83. The lowest BCUT2D eigenvalue weighted by molar-refractivity contribution is 0.102. The van der Waals surface area contributed by atoms with Crippen LogP contribution in [-0.4, -0.2) is 28.2 Å². The minimum absolute atomic E-state index is 0.374. The van der Waals surface area contributed by atoms with Gasteiger partial charge in [-0.1, -0.05) is 6.92 Å². The molecular weight excluding hydrogens is 258 g/mol. The number of fused-ring (bicyclic) bond motifs is 3. The molecule has 4 rings (SSSR count). The van der Waals surface area contributed by atoms with Gasteiger partial charge >= 0.3 is 0 Å². The third-order valence-electron chi connectivity index (χ3n) is 4.12. The van der Waals surface area contributed by atoms with Gasteiger partial charge in [-0.2, -0.15) is 0 Å². The zero-order valence-corrected chi connectivity index (χ0v) is 11.7. The van der Waals surface area contributed by atoms with Crippen molar-refractivity contribution in [2.45, 2.75) is 50.9 Å². The second kappa shape index (κ2) is 4.42. The molecule has 4 heterocycles. The molecule has 0 aliphatic carbocycles. The summed E-state index contributed by atoms with van der Waals surface area (Å²) < 4.78 is 5.90. The second-order valence-electron chi connectivity index (χ2n) is 5.34. The fraction of sp³-hybridized carbons (Fsp3) is 0.571. The van der Waals surface area contributed by atoms with Gasteiger partial charge in [-0.05, 0) is 30.7 Å². The van der Waals surface area contributed by atoms with Crippen LogP contribution in [0.2, 0.25) is 0 Å². The maximum Gasteiger partial charge on any atom is 0.138 e. The Morgan fingerprint density at radius 1 is 1.42 bits per heavy atom. The standard InChI is InChI=1S/C14H17N3OS/c1-2-12-16-13(9-5-6-19-14(9)17-12)15-10-7-8-3-4-11(10)18-8/h5-6,8,10-11H,2-4,7H2,1H3,(H,15,16,17). The van der Waals surface area contributed by atoms with Crippen LogP contribution >= 0.6 is 11.3 Å². The smallest absolute Gasteiger partial charge is 0.138 e. The first-order valence-corrected chi connectivity index (χ1v) is 7.87. The van der Waals surface area contributed by atoms with E-state index in [2.05, 4.69) is 33.7 Å². The maximum atomic E-state index is 5.90. The van der Waals surface area contributed by atoms with Crippen molar-refractivity contribution < 1.29 is 4.74 Å². The highest BCUT2D eigenvalue weighted by Gasteiger charge is 2.41. The van der Waals surface area contributed by atoms with Crippen LogP contribution in [0.1, 0.15) is 32.0 Å². The van der Waals surface area contributed by atoms with Crippen molar-refractivity contribution in [2.24, 2.45) is 0 Å². The van der Waals surface area contributed by atoms with Crippen molar-refractivity contribution in [1.82, 2.24) is 9.97 Å². The van der Waals surface area contributed by atoms with Crippen LogP contribution < -0.4 is 5.32 Å². The molecule has 2 aromatic heterocycles. The molecule has 0 amide bonds. The highest BCUT2D eigenvalue weighted by atomic mass is 32.1. The topological polar surface area (TPSA) is 47.0 Å². The van der Waals surface area contributed by atoms with Crippen LogP contribution in [0.25, 0.3) is 10.2 Å². The lowest BCUT2D eigenvalue weighted by Crippen LogP contribution is -2.31. The van der Waals surface area contributed by atoms with Crippen LogP contribution in [-0.2, 0) is 11.2 Å². The van der Waals surface area contributed by atoms with Crippen LogP contribution in [0.3, 0.4) is 0 Å². The van der Waals surface area contributed by atoms with E-state index in [4.69, 9.17) is 4.74 Å². The maximum absolute atomic E-state index is 5.90. The number of anilines is 1. The molecule has 0 saturated carbocycles. The molecule has 2 bridgehead atoms. The van der Waals surface area contributed by atoms with Gasteiger partial charge in [0.15, 0.2) is 0 Å². The molecule has 3 unspecified atom stereocenters. The van der Waals surface area contributed by atoms with Crippen molar-refractivity contribution in [1.29, 1.82) is 0 Å². The summed E-state index contributed by atoms with van der Waals surface area (Å²) in [6, 6.07) is 2.52. The average Bonchev–Trinajstić information content (AvgIpc) is 3.13. The van der Waals surface area contributed by atoms with E-state index in [1.165, 1.54) is 12.8 Å². The minimum Gasteiger partial charge on any atom is -0.373 e. The number of hydrogen-bond acceptors (Lipinski definition) is 5. The number of rotatable bonds is 3. The Labute approximate surface area is 116 Å². The van der Waals surface area contributed by atoms with Crippen LogP contribution in [0.4, 0.5) is 5.82 Å². The molecule has 1 N–H and O–H groups in total. The normalized spacial score (nSPS) is 29.2. The molecule has 100 valence electrons. The Kier molecular flexibility index (Phi) is 2.70. The van der Waals surface area contributed by atoms with Crippen LogP contribution in [0.15, 0.2) is 11.4 Å². The number of aryl methyl sites for hydroxylation is 1. The first-order valence-electron chi connectivity index (χ1n) is 6.99. The molecule has 2 aliphatic rings. The van der Waals surface area contributed by atoms with Crippen molar-refractivity contribution >= 4 is 27.4 Å². The third-order valence-corrected chi connectivity index (χ3v) is 4.92. The molecule has 2 saturated heterocycles. The number of thiophene rings is 1. The van der Waals surface area contributed by atoms with Crippen molar-refractivity contribution in [3.8, 4) is 0 Å². The third kappa shape index (κ3) is 1.92. The molecule has 4 nitrogen and oxygen atoms in total. The predicted molar refractivity (Wildman–Crippen MR) is 76.7 cm³/mol. The van der Waals surface area contributed by atoms with Gasteiger partial charge in [-0.3, -0.25) is 0 Å². The SMILES string of the molecule is CCc1nc(NC2CC3CCC2O3)c2ccsc2n1. The van der Waals surface area contributed by atoms with E-state index in [1.54, 1.807) is 11.3 Å². The molecule has 19 heavy (non-hydrogen) atoms. The summed E-state index contributed by atoms with van der Waals surface area (Å²) in [7, 11) is 0. The summed E-state index contributed by atoms with van der Waals surface area (Å²) in [6.45, 7) is 2.10. The molecular formula is C14H17N3OS. The van der Waals surface area contributed by atoms with E-state index in [0.29, 0.717) is 18.2 Å². The van der Waals surface area contributed by atoms with E-state index in [9.17, 15) is 0 Å². The number of hydrogen-bond donors (Lipinski definition) is 1. The van der Waals surface area contributed by atoms with Crippen LogP contribution in [0, 0.1) is 0 Å². The zero-order valence-electron chi connectivity index (χ0n) is 10.9. The van der Waals surface area contributed by atoms with E-state index in [1.807, 2.05) is 0 Å². The van der Waals surface area contributed by atoms with Gasteiger partial charge in [0.25, 0.3) is 0 Å². The number of aromatic nitrogens is 2. The Morgan fingerprint density at radius 2 is 2.37 bits per heavy atom. The minimum atomic E-state index is 0.374. The molecule has 2 aliphatic heterocycles. The second-order valence-corrected chi connectivity index (χ2v) is 6.24. The first-order chi connectivity index (χ1) is 9.33. The van der Waals surface area contributed by atoms with Gasteiger partial charge in [-0.15, -0.1) is 11.3 Å². The fourth-order valence-electron chi connectivity index (χ4n) is 3.13. The Hall–Kier alpha value is -1.20. The zero-order chi connectivity index (χ0) is 12.8. The monoisotopic (exact) mass is 275 g/mol. The molecule has 0 radical (unpaired) electrons. The quantitative estimate of drug-likeness (QED) is 0.935. The lowest BCUT2D eigenvalue weighted by atomic mass is 9.95. The van der Waals surface area contributed by atoms with E-state index in [0.717, 1.165) is 34.7 Å². The molecule has 3 atom stereocenters. The highest BCUT2D eigenvalue weighted by molar-refractivity contribution is 7.16. The van der Waals surface area contributed by atoms with Gasteiger partial charge in [-0.25, -0.2) is 9.97 Å². The Morgan fingerprint density at radius 3 is 3.11 bits per heavy atom. The van der Waals surface area contributed by atoms with E-state index >= 15 is 0 Å². The highest BCUT2D eigenvalue weighted by Crippen LogP contribution is 2.37. The van der Waals surface area contributed by atoms with Crippen molar-refractivity contribution in [3.63, 3.8) is 0 Å². The average molecular weight is 275 g/mol. The van der Waals surface area contributed by atoms with E-state index < -0.39 is 0 Å². The molecule has 0 aromatic carbocycles. The number of nitrogens with zero attached hydrogens (tertiary/aromatic N) is 2. The summed E-state index contributed by atoms with van der Waals surface area (Å²) in [6.07, 6.45) is 5.23. The lowest BCUT2D eigenvalue weighted by Gasteiger charge is -2.21. The van der Waals surface area contributed by atoms with Gasteiger partial charge in [0, 0.05) is 6.42 Å². The summed E-state index contributed by atoms with van der Waals surface area (Å²) in [4.78, 5) is 10.3.